The standard InChI is InChI=1S/C12H13ClN2O5/c1-12(2,11(17)18)6-14-10(16)7-4-3-5-8(13)9(7)15(19)20/h3-5H,6H2,1-2H3,(H,14,16)(H,17,18). The number of aliphatic carboxylic acids is 1. The lowest BCUT2D eigenvalue weighted by Gasteiger charge is -2.19. The lowest BCUT2D eigenvalue weighted by Crippen LogP contribution is -2.39. The Morgan fingerprint density at radius 3 is 2.55 bits per heavy atom. The molecule has 20 heavy (non-hydrogen) atoms. The number of para-hydroxylation sites is 1. The highest BCUT2D eigenvalue weighted by Crippen LogP contribution is 2.28. The van der Waals surface area contributed by atoms with Crippen molar-refractivity contribution in [2.45, 2.75) is 13.8 Å². The number of hydrogen-bond donors (Lipinski definition) is 2. The number of carboxylic acids is 1. The van der Waals surface area contributed by atoms with Gasteiger partial charge in [-0.3, -0.25) is 19.7 Å². The second-order valence-corrected chi connectivity index (χ2v) is 5.17. The minimum Gasteiger partial charge on any atom is -0.481 e. The Morgan fingerprint density at radius 2 is 2.05 bits per heavy atom. The van der Waals surface area contributed by atoms with Gasteiger partial charge in [0.2, 0.25) is 0 Å². The van der Waals surface area contributed by atoms with Crippen LogP contribution in [0, 0.1) is 15.5 Å². The summed E-state index contributed by atoms with van der Waals surface area (Å²) in [6.07, 6.45) is 0. The van der Waals surface area contributed by atoms with Crippen LogP contribution >= 0.6 is 11.6 Å². The van der Waals surface area contributed by atoms with Crippen LogP contribution in [0.25, 0.3) is 0 Å². The number of nitro groups is 1. The highest BCUT2D eigenvalue weighted by molar-refractivity contribution is 6.33. The maximum absolute atomic E-state index is 11.9. The molecule has 0 spiro atoms. The number of carbonyl (C=O) groups excluding carboxylic acids is 1. The summed E-state index contributed by atoms with van der Waals surface area (Å²) in [5, 5.41) is 22.0. The van der Waals surface area contributed by atoms with Crippen molar-refractivity contribution in [2.75, 3.05) is 6.54 Å². The molecule has 7 nitrogen and oxygen atoms in total. The van der Waals surface area contributed by atoms with Crippen LogP contribution in [0.1, 0.15) is 24.2 Å². The zero-order valence-corrected chi connectivity index (χ0v) is 11.6. The first-order valence-electron chi connectivity index (χ1n) is 5.61. The zero-order chi connectivity index (χ0) is 15.5. The van der Waals surface area contributed by atoms with E-state index in [1.807, 2.05) is 0 Å². The highest BCUT2D eigenvalue weighted by Gasteiger charge is 2.29. The zero-order valence-electron chi connectivity index (χ0n) is 10.8. The Morgan fingerprint density at radius 1 is 1.45 bits per heavy atom. The third-order valence-electron chi connectivity index (χ3n) is 2.68. The van der Waals surface area contributed by atoms with Crippen molar-refractivity contribution in [1.29, 1.82) is 0 Å². The Hall–Kier alpha value is -2.15. The molecule has 0 saturated heterocycles. The Balaban J connectivity index is 2.97. The van der Waals surface area contributed by atoms with Crippen LogP contribution in [0.5, 0.6) is 0 Å². The maximum atomic E-state index is 11.9. The number of halogens is 1. The largest absolute Gasteiger partial charge is 0.481 e. The van der Waals surface area contributed by atoms with Crippen molar-refractivity contribution in [3.05, 3.63) is 38.9 Å². The normalized spacial score (nSPS) is 10.9. The first-order valence-corrected chi connectivity index (χ1v) is 5.99. The van der Waals surface area contributed by atoms with Crippen LogP contribution < -0.4 is 5.32 Å². The van der Waals surface area contributed by atoms with Crippen molar-refractivity contribution in [3.63, 3.8) is 0 Å². The van der Waals surface area contributed by atoms with Crippen molar-refractivity contribution in [1.82, 2.24) is 5.32 Å². The number of carbonyl (C=O) groups is 2. The Bertz CT molecular complexity index is 571. The van der Waals surface area contributed by atoms with E-state index >= 15 is 0 Å². The first-order chi connectivity index (χ1) is 9.16. The number of nitrogens with one attached hydrogen (secondary N) is 1. The predicted octanol–water partition coefficient (Wildman–Crippen LogP) is 2.09. The summed E-state index contributed by atoms with van der Waals surface area (Å²) < 4.78 is 0. The fourth-order valence-electron chi connectivity index (χ4n) is 1.36. The molecule has 0 aliphatic carbocycles. The van der Waals surface area contributed by atoms with E-state index in [1.165, 1.54) is 32.0 Å². The smallest absolute Gasteiger partial charge is 0.310 e. The molecule has 0 aliphatic rings. The number of rotatable bonds is 5. The van der Waals surface area contributed by atoms with Gasteiger partial charge in [0.15, 0.2) is 0 Å². The van der Waals surface area contributed by atoms with E-state index in [4.69, 9.17) is 16.7 Å². The monoisotopic (exact) mass is 300 g/mol. The Labute approximate surface area is 119 Å². The molecule has 0 bridgehead atoms. The molecule has 1 aromatic carbocycles. The SMILES string of the molecule is CC(C)(CNC(=O)c1cccc(Cl)c1[N+](=O)[O-])C(=O)O. The molecule has 0 heterocycles. The quantitative estimate of drug-likeness (QED) is 0.639. The van der Waals surface area contributed by atoms with Crippen LogP contribution in [-0.4, -0.2) is 28.5 Å². The summed E-state index contributed by atoms with van der Waals surface area (Å²) in [4.78, 5) is 33.0. The van der Waals surface area contributed by atoms with Crippen molar-refractivity contribution in [2.24, 2.45) is 5.41 Å². The molecule has 108 valence electrons. The second kappa shape index (κ2) is 5.87. The number of carboxylic acid groups (broad SMARTS) is 1. The van der Waals surface area contributed by atoms with E-state index in [9.17, 15) is 19.7 Å². The van der Waals surface area contributed by atoms with Crippen LogP contribution in [0.3, 0.4) is 0 Å². The molecule has 0 radical (unpaired) electrons. The van der Waals surface area contributed by atoms with Crippen molar-refractivity contribution >= 4 is 29.2 Å². The molecule has 0 saturated carbocycles. The molecule has 2 N–H and O–H groups in total. The molecule has 1 rings (SSSR count). The lowest BCUT2D eigenvalue weighted by molar-refractivity contribution is -0.385. The minimum atomic E-state index is -1.18. The van der Waals surface area contributed by atoms with Gasteiger partial charge in [0.05, 0.1) is 10.3 Å². The average Bonchev–Trinajstić information content (AvgIpc) is 2.35. The summed E-state index contributed by atoms with van der Waals surface area (Å²) in [5.74, 6) is -1.83. The first kappa shape index (κ1) is 15.9. The number of amides is 1. The lowest BCUT2D eigenvalue weighted by atomic mass is 9.94. The molecule has 1 aromatic rings. The highest BCUT2D eigenvalue weighted by atomic mass is 35.5. The van der Waals surface area contributed by atoms with Gasteiger partial charge in [0, 0.05) is 6.54 Å². The van der Waals surface area contributed by atoms with Gasteiger partial charge in [-0.15, -0.1) is 0 Å². The van der Waals surface area contributed by atoms with Gasteiger partial charge in [-0.25, -0.2) is 0 Å². The number of benzene rings is 1. The van der Waals surface area contributed by atoms with Crippen LogP contribution in [0.15, 0.2) is 18.2 Å². The van der Waals surface area contributed by atoms with Crippen molar-refractivity contribution < 1.29 is 19.6 Å². The van der Waals surface area contributed by atoms with E-state index in [1.54, 1.807) is 0 Å². The van der Waals surface area contributed by atoms with Gasteiger partial charge in [-0.1, -0.05) is 17.7 Å². The summed E-state index contributed by atoms with van der Waals surface area (Å²) in [7, 11) is 0. The Kier molecular flexibility index (Phi) is 4.67. The van der Waals surface area contributed by atoms with E-state index in [0.717, 1.165) is 0 Å². The summed E-state index contributed by atoms with van der Waals surface area (Å²) in [5.41, 5.74) is -1.88. The van der Waals surface area contributed by atoms with E-state index < -0.39 is 27.9 Å². The third kappa shape index (κ3) is 3.45. The topological polar surface area (TPSA) is 110 Å². The van der Waals surface area contributed by atoms with Gasteiger partial charge in [0.1, 0.15) is 10.6 Å². The summed E-state index contributed by atoms with van der Waals surface area (Å²) >= 11 is 5.69. The van der Waals surface area contributed by atoms with Gasteiger partial charge < -0.3 is 10.4 Å². The van der Waals surface area contributed by atoms with Crippen LogP contribution in [0.2, 0.25) is 5.02 Å². The maximum Gasteiger partial charge on any atom is 0.310 e. The molecule has 0 atom stereocenters. The molecule has 0 aromatic heterocycles. The molecule has 0 fully saturated rings. The number of hydrogen-bond acceptors (Lipinski definition) is 4. The van der Waals surface area contributed by atoms with E-state index in [0.29, 0.717) is 0 Å². The minimum absolute atomic E-state index is 0.153. The molecule has 0 unspecified atom stereocenters. The van der Waals surface area contributed by atoms with Gasteiger partial charge in [-0.05, 0) is 26.0 Å². The molecular weight excluding hydrogens is 288 g/mol. The molecule has 1 amide bonds. The van der Waals surface area contributed by atoms with Gasteiger partial charge in [-0.2, -0.15) is 0 Å². The number of nitro benzene ring substituents is 1. The van der Waals surface area contributed by atoms with E-state index in [2.05, 4.69) is 5.32 Å². The average molecular weight is 301 g/mol. The fourth-order valence-corrected chi connectivity index (χ4v) is 1.60. The fraction of sp³-hybridized carbons (Fsp3) is 0.333. The van der Waals surface area contributed by atoms with Crippen LogP contribution in [0.4, 0.5) is 5.69 Å². The predicted molar refractivity (Wildman–Crippen MR) is 71.9 cm³/mol. The summed E-state index contributed by atoms with van der Waals surface area (Å²) in [6, 6.07) is 3.97. The van der Waals surface area contributed by atoms with Crippen molar-refractivity contribution in [3.8, 4) is 0 Å². The summed E-state index contributed by atoms with van der Waals surface area (Å²) in [6.45, 7) is 2.70. The van der Waals surface area contributed by atoms with Gasteiger partial charge >= 0.3 is 11.7 Å². The second-order valence-electron chi connectivity index (χ2n) is 4.76. The molecular formula is C12H13ClN2O5. The van der Waals surface area contributed by atoms with Gasteiger partial charge in [0.25, 0.3) is 5.91 Å². The molecule has 8 heteroatoms. The number of nitrogens with zero attached hydrogens (tertiary/aromatic N) is 1. The third-order valence-corrected chi connectivity index (χ3v) is 2.99. The van der Waals surface area contributed by atoms with E-state index in [-0.39, 0.29) is 17.1 Å². The van der Waals surface area contributed by atoms with Crippen LogP contribution in [-0.2, 0) is 4.79 Å². The molecule has 0 aliphatic heterocycles.